The monoisotopic (exact) mass is 322 g/mol. The van der Waals surface area contributed by atoms with Gasteiger partial charge in [-0.3, -0.25) is 4.57 Å². The molecule has 0 radical (unpaired) electrons. The van der Waals surface area contributed by atoms with Crippen molar-refractivity contribution in [2.45, 2.75) is 25.1 Å². The molecule has 6 heteroatoms. The number of hydrogen-bond donors (Lipinski definition) is 3. The van der Waals surface area contributed by atoms with Gasteiger partial charge in [0.25, 0.3) is 0 Å². The molecule has 0 amide bonds. The van der Waals surface area contributed by atoms with Gasteiger partial charge in [-0.2, -0.15) is 0 Å². The van der Waals surface area contributed by atoms with E-state index in [1.165, 1.54) is 0 Å². The van der Waals surface area contributed by atoms with Crippen molar-refractivity contribution >= 4 is 7.60 Å². The van der Waals surface area contributed by atoms with E-state index in [1.54, 1.807) is 0 Å². The van der Waals surface area contributed by atoms with Gasteiger partial charge >= 0.3 is 7.60 Å². The average Bonchev–Trinajstić information content (AvgIpc) is 2.47. The van der Waals surface area contributed by atoms with E-state index in [1.807, 2.05) is 54.6 Å². The van der Waals surface area contributed by atoms with Crippen LogP contribution < -0.4 is 4.74 Å². The third kappa shape index (κ3) is 5.28. The first-order valence-electron chi connectivity index (χ1n) is 7.00. The minimum atomic E-state index is -4.40. The summed E-state index contributed by atoms with van der Waals surface area (Å²) in [7, 11) is -4.40. The summed E-state index contributed by atoms with van der Waals surface area (Å²) >= 11 is 0. The molecule has 0 heterocycles. The van der Waals surface area contributed by atoms with Crippen LogP contribution in [0.4, 0.5) is 0 Å². The Kier molecular flexibility index (Phi) is 5.75. The predicted octanol–water partition coefficient (Wildman–Crippen LogP) is 3.30. The first-order valence-corrected chi connectivity index (χ1v) is 8.68. The van der Waals surface area contributed by atoms with Gasteiger partial charge in [0.2, 0.25) is 0 Å². The highest BCUT2D eigenvalue weighted by molar-refractivity contribution is 7.52. The summed E-state index contributed by atoms with van der Waals surface area (Å²) in [6.07, 6.45) is 1.16. The molecule has 0 aliphatic rings. The summed E-state index contributed by atoms with van der Waals surface area (Å²) in [5.74, 6) is -0.132. The number of ether oxygens (including phenoxy) is 1. The van der Waals surface area contributed by atoms with E-state index in [2.05, 4.69) is 0 Å². The zero-order chi connectivity index (χ0) is 16.0. The lowest BCUT2D eigenvalue weighted by atomic mass is 10.1. The van der Waals surface area contributed by atoms with Gasteiger partial charge in [-0.1, -0.05) is 30.3 Å². The van der Waals surface area contributed by atoms with E-state index in [0.717, 1.165) is 11.3 Å². The number of para-hydroxylation sites is 1. The van der Waals surface area contributed by atoms with Crippen LogP contribution in [0, 0.1) is 0 Å². The predicted molar refractivity (Wildman–Crippen MR) is 83.9 cm³/mol. The van der Waals surface area contributed by atoms with E-state index < -0.39 is 13.4 Å². The van der Waals surface area contributed by atoms with E-state index in [0.29, 0.717) is 18.6 Å². The van der Waals surface area contributed by atoms with Crippen LogP contribution >= 0.6 is 7.60 Å². The number of aryl methyl sites for hydroxylation is 1. The molecule has 2 aromatic rings. The van der Waals surface area contributed by atoms with Crippen molar-refractivity contribution in [1.29, 1.82) is 0 Å². The standard InChI is InChI=1S/C16H19O5P/c17-16(22(18,19)20)11-5-7-13-6-4-10-15(12-13)21-14-8-2-1-3-9-14/h1-4,6,8-10,12,16-17H,5,7,11H2,(H2,18,19,20). The van der Waals surface area contributed by atoms with Crippen LogP contribution in [0.1, 0.15) is 18.4 Å². The van der Waals surface area contributed by atoms with Crippen molar-refractivity contribution in [3.05, 3.63) is 60.2 Å². The Balaban J connectivity index is 1.90. The van der Waals surface area contributed by atoms with E-state index in [4.69, 9.17) is 14.5 Å². The van der Waals surface area contributed by atoms with Gasteiger partial charge in [-0.25, -0.2) is 0 Å². The van der Waals surface area contributed by atoms with Crippen LogP contribution in [0.5, 0.6) is 11.5 Å². The summed E-state index contributed by atoms with van der Waals surface area (Å²) in [6.45, 7) is 0. The largest absolute Gasteiger partial charge is 0.457 e. The Bertz CT molecular complexity index is 638. The maximum Gasteiger partial charge on any atom is 0.353 e. The van der Waals surface area contributed by atoms with Crippen molar-refractivity contribution in [3.63, 3.8) is 0 Å². The van der Waals surface area contributed by atoms with Gasteiger partial charge in [0.1, 0.15) is 11.5 Å². The van der Waals surface area contributed by atoms with Crippen LogP contribution in [0.2, 0.25) is 0 Å². The summed E-state index contributed by atoms with van der Waals surface area (Å²) in [6, 6.07) is 16.9. The molecule has 1 atom stereocenters. The Labute approximate surface area is 129 Å². The second-order valence-electron chi connectivity index (χ2n) is 5.02. The SMILES string of the molecule is O=P(O)(O)C(O)CCCc1cccc(Oc2ccccc2)c1. The lowest BCUT2D eigenvalue weighted by molar-refractivity contribution is 0.191. The maximum absolute atomic E-state index is 10.9. The fourth-order valence-electron chi connectivity index (χ4n) is 2.05. The normalized spacial score (nSPS) is 12.9. The molecule has 118 valence electrons. The number of aliphatic hydroxyl groups excluding tert-OH is 1. The van der Waals surface area contributed by atoms with Crippen LogP contribution in [-0.2, 0) is 11.0 Å². The van der Waals surface area contributed by atoms with Gasteiger partial charge in [0, 0.05) is 0 Å². The Morgan fingerprint density at radius 2 is 1.68 bits per heavy atom. The Hall–Kier alpha value is -1.65. The van der Waals surface area contributed by atoms with Crippen LogP contribution in [0.15, 0.2) is 54.6 Å². The molecule has 0 saturated heterocycles. The molecule has 2 aromatic carbocycles. The van der Waals surface area contributed by atoms with Gasteiger partial charge in [-0.15, -0.1) is 0 Å². The molecule has 1 unspecified atom stereocenters. The second kappa shape index (κ2) is 7.56. The summed E-state index contributed by atoms with van der Waals surface area (Å²) in [5.41, 5.74) is 0.992. The van der Waals surface area contributed by atoms with Crippen LogP contribution in [-0.4, -0.2) is 20.7 Å². The molecule has 2 rings (SSSR count). The minimum Gasteiger partial charge on any atom is -0.457 e. The molecule has 0 aromatic heterocycles. The third-order valence-corrected chi connectivity index (χ3v) is 4.23. The molecular formula is C16H19O5P. The molecule has 0 saturated carbocycles. The maximum atomic E-state index is 10.9. The molecule has 0 bridgehead atoms. The number of hydrogen-bond acceptors (Lipinski definition) is 3. The van der Waals surface area contributed by atoms with Gasteiger partial charge < -0.3 is 19.6 Å². The van der Waals surface area contributed by atoms with Crippen molar-refractivity contribution in [2.24, 2.45) is 0 Å². The summed E-state index contributed by atoms with van der Waals surface area (Å²) in [4.78, 5) is 17.7. The van der Waals surface area contributed by atoms with Crippen molar-refractivity contribution in [1.82, 2.24) is 0 Å². The molecule has 0 fully saturated rings. The van der Waals surface area contributed by atoms with E-state index >= 15 is 0 Å². The molecule has 0 aliphatic heterocycles. The van der Waals surface area contributed by atoms with E-state index in [-0.39, 0.29) is 6.42 Å². The quantitative estimate of drug-likeness (QED) is 0.681. The van der Waals surface area contributed by atoms with Gasteiger partial charge in [-0.05, 0) is 49.1 Å². The lowest BCUT2D eigenvalue weighted by Gasteiger charge is -2.12. The van der Waals surface area contributed by atoms with Gasteiger partial charge in [0.15, 0.2) is 5.85 Å². The van der Waals surface area contributed by atoms with Crippen molar-refractivity contribution < 1.29 is 24.2 Å². The zero-order valence-corrected chi connectivity index (χ0v) is 12.9. The van der Waals surface area contributed by atoms with Gasteiger partial charge in [0.05, 0.1) is 0 Å². The highest BCUT2D eigenvalue weighted by Crippen LogP contribution is 2.41. The number of rotatable bonds is 7. The summed E-state index contributed by atoms with van der Waals surface area (Å²) < 4.78 is 16.6. The van der Waals surface area contributed by atoms with Crippen molar-refractivity contribution in [2.75, 3.05) is 0 Å². The van der Waals surface area contributed by atoms with E-state index in [9.17, 15) is 9.67 Å². The summed E-state index contributed by atoms with van der Waals surface area (Å²) in [5, 5.41) is 9.33. The number of benzene rings is 2. The Morgan fingerprint density at radius 1 is 1.00 bits per heavy atom. The zero-order valence-electron chi connectivity index (χ0n) is 12.0. The molecular weight excluding hydrogens is 303 g/mol. The van der Waals surface area contributed by atoms with Crippen LogP contribution in [0.25, 0.3) is 0 Å². The lowest BCUT2D eigenvalue weighted by Crippen LogP contribution is -2.07. The Morgan fingerprint density at radius 3 is 2.36 bits per heavy atom. The molecule has 22 heavy (non-hydrogen) atoms. The topological polar surface area (TPSA) is 87.0 Å². The fraction of sp³-hybridized carbons (Fsp3) is 0.250. The highest BCUT2D eigenvalue weighted by atomic mass is 31.2. The van der Waals surface area contributed by atoms with Crippen molar-refractivity contribution in [3.8, 4) is 11.5 Å². The fourth-order valence-corrected chi connectivity index (χ4v) is 2.56. The molecule has 0 spiro atoms. The average molecular weight is 322 g/mol. The smallest absolute Gasteiger partial charge is 0.353 e. The number of aliphatic hydroxyl groups is 1. The second-order valence-corrected chi connectivity index (χ2v) is 6.80. The van der Waals surface area contributed by atoms with Crippen LogP contribution in [0.3, 0.4) is 0 Å². The first kappa shape index (κ1) is 16.7. The molecule has 0 aliphatic carbocycles. The minimum absolute atomic E-state index is 0.0635. The molecule has 3 N–H and O–H groups in total. The molecule has 5 nitrogen and oxygen atoms in total. The first-order chi connectivity index (χ1) is 10.4. The highest BCUT2D eigenvalue weighted by Gasteiger charge is 2.25. The third-order valence-electron chi connectivity index (χ3n) is 3.19.